The molecule has 1 fully saturated rings. The molecule has 5 rings (SSSR count). The summed E-state index contributed by atoms with van der Waals surface area (Å²) in [5.74, 6) is 0.451. The summed E-state index contributed by atoms with van der Waals surface area (Å²) < 4.78 is 19.2. The average Bonchev–Trinajstić information content (AvgIpc) is 2.85. The molecule has 6 heteroatoms. The second-order valence-electron chi connectivity index (χ2n) is 8.62. The van der Waals surface area contributed by atoms with Crippen molar-refractivity contribution in [2.75, 3.05) is 42.9 Å². The normalized spacial score (nSPS) is 18.4. The highest BCUT2D eigenvalue weighted by atomic mass is 19.1. The van der Waals surface area contributed by atoms with Crippen LogP contribution in [0, 0.1) is 5.82 Å². The molecule has 1 atom stereocenters. The molecule has 3 aromatic rings. The number of anilines is 2. The molecule has 0 aromatic heterocycles. The van der Waals surface area contributed by atoms with Crippen LogP contribution in [0.3, 0.4) is 0 Å². The van der Waals surface area contributed by atoms with Gasteiger partial charge in [0.05, 0.1) is 5.69 Å². The van der Waals surface area contributed by atoms with E-state index in [2.05, 4.69) is 27.2 Å². The van der Waals surface area contributed by atoms with E-state index in [0.29, 0.717) is 6.42 Å². The molecule has 3 aromatic carbocycles. The maximum atomic E-state index is 13.1. The van der Waals surface area contributed by atoms with Crippen LogP contribution in [0.5, 0.6) is 5.75 Å². The summed E-state index contributed by atoms with van der Waals surface area (Å²) in [6.07, 6.45) is 1.12. The van der Waals surface area contributed by atoms with E-state index < -0.39 is 6.10 Å². The summed E-state index contributed by atoms with van der Waals surface area (Å²) in [4.78, 5) is 17.3. The van der Waals surface area contributed by atoms with Crippen molar-refractivity contribution in [1.29, 1.82) is 0 Å². The average molecular weight is 446 g/mol. The first kappa shape index (κ1) is 21.5. The summed E-state index contributed by atoms with van der Waals surface area (Å²) in [5, 5.41) is 3.03. The zero-order valence-corrected chi connectivity index (χ0v) is 18.5. The fourth-order valence-electron chi connectivity index (χ4n) is 4.53. The first-order valence-electron chi connectivity index (χ1n) is 11.6. The Morgan fingerprint density at radius 2 is 1.67 bits per heavy atom. The molecule has 33 heavy (non-hydrogen) atoms. The predicted molar refractivity (Wildman–Crippen MR) is 129 cm³/mol. The summed E-state index contributed by atoms with van der Waals surface area (Å²) >= 11 is 0. The molecule has 2 aliphatic rings. The molecule has 0 saturated carbocycles. The van der Waals surface area contributed by atoms with Crippen LogP contribution in [0.15, 0.2) is 72.8 Å². The Balaban J connectivity index is 1.11. The smallest absolute Gasteiger partial charge is 0.265 e. The quantitative estimate of drug-likeness (QED) is 0.592. The van der Waals surface area contributed by atoms with E-state index in [9.17, 15) is 9.18 Å². The molecule has 1 unspecified atom stereocenters. The molecule has 170 valence electrons. The van der Waals surface area contributed by atoms with Gasteiger partial charge in [-0.3, -0.25) is 9.69 Å². The maximum Gasteiger partial charge on any atom is 0.265 e. The van der Waals surface area contributed by atoms with E-state index in [-0.39, 0.29) is 11.7 Å². The fraction of sp³-hybridized carbons (Fsp3) is 0.296. The van der Waals surface area contributed by atoms with E-state index in [0.717, 1.165) is 67.4 Å². The van der Waals surface area contributed by atoms with Gasteiger partial charge in [0, 0.05) is 31.9 Å². The molecular formula is C27H28FN3O2. The minimum absolute atomic E-state index is 0.0751. The summed E-state index contributed by atoms with van der Waals surface area (Å²) in [6.45, 7) is 4.69. The first-order chi connectivity index (χ1) is 16.2. The van der Waals surface area contributed by atoms with E-state index in [1.54, 1.807) is 0 Å². The molecule has 0 bridgehead atoms. The van der Waals surface area contributed by atoms with Crippen molar-refractivity contribution in [3.63, 3.8) is 0 Å². The first-order valence-corrected chi connectivity index (χ1v) is 11.6. The second kappa shape index (κ2) is 9.63. The van der Waals surface area contributed by atoms with E-state index in [1.807, 2.05) is 48.5 Å². The van der Waals surface area contributed by atoms with Crippen molar-refractivity contribution < 1.29 is 13.9 Å². The van der Waals surface area contributed by atoms with Gasteiger partial charge in [-0.05, 0) is 66.9 Å². The zero-order chi connectivity index (χ0) is 22.6. The number of carbonyl (C=O) groups is 1. The van der Waals surface area contributed by atoms with Crippen LogP contribution in [0.1, 0.15) is 12.8 Å². The number of amides is 1. The van der Waals surface area contributed by atoms with Crippen molar-refractivity contribution in [2.24, 2.45) is 0 Å². The number of ether oxygens (including phenoxy) is 1. The molecule has 2 aliphatic heterocycles. The van der Waals surface area contributed by atoms with Crippen molar-refractivity contribution in [3.05, 3.63) is 78.6 Å². The third-order valence-corrected chi connectivity index (χ3v) is 6.41. The summed E-state index contributed by atoms with van der Waals surface area (Å²) in [5.41, 5.74) is 3.96. The van der Waals surface area contributed by atoms with E-state index in [1.165, 1.54) is 12.1 Å². The molecule has 0 spiro atoms. The number of nitrogens with zero attached hydrogens (tertiary/aromatic N) is 2. The minimum atomic E-state index is -0.458. The predicted octanol–water partition coefficient (Wildman–Crippen LogP) is 4.79. The molecule has 0 radical (unpaired) electrons. The number of benzene rings is 3. The topological polar surface area (TPSA) is 44.8 Å². The van der Waals surface area contributed by atoms with Gasteiger partial charge in [0.2, 0.25) is 0 Å². The van der Waals surface area contributed by atoms with Gasteiger partial charge < -0.3 is 15.0 Å². The number of halogens is 1. The maximum absolute atomic E-state index is 13.1. The van der Waals surface area contributed by atoms with Gasteiger partial charge in [0.25, 0.3) is 5.91 Å². The lowest BCUT2D eigenvalue weighted by atomic mass is 10.0. The monoisotopic (exact) mass is 445 g/mol. The van der Waals surface area contributed by atoms with Gasteiger partial charge >= 0.3 is 0 Å². The van der Waals surface area contributed by atoms with Crippen molar-refractivity contribution in [2.45, 2.75) is 18.9 Å². The Labute approximate surface area is 193 Å². The molecular weight excluding hydrogens is 417 g/mol. The zero-order valence-electron chi connectivity index (χ0n) is 18.5. The number of hydrogen-bond donors (Lipinski definition) is 1. The van der Waals surface area contributed by atoms with Crippen LogP contribution in [0.2, 0.25) is 0 Å². The number of piperazine rings is 1. The van der Waals surface area contributed by atoms with E-state index in [4.69, 9.17) is 4.74 Å². The SMILES string of the molecule is O=C1Nc2cc(-c3ccccc3)ccc2OC1CCCN1CCN(c2ccc(F)cc2)CC1. The number of fused-ring (bicyclic) bond motifs is 1. The molecule has 1 N–H and O–H groups in total. The fourth-order valence-corrected chi connectivity index (χ4v) is 4.53. The highest BCUT2D eigenvalue weighted by molar-refractivity contribution is 5.98. The molecule has 0 aliphatic carbocycles. The van der Waals surface area contributed by atoms with Crippen LogP contribution in [-0.4, -0.2) is 49.6 Å². The third kappa shape index (κ3) is 5.01. The standard InChI is InChI=1S/C27H28FN3O2/c28-22-9-11-23(12-10-22)31-17-15-30(16-18-31)14-4-7-26-27(32)29-24-19-21(8-13-25(24)33-26)20-5-2-1-3-6-20/h1-3,5-6,8-13,19,26H,4,7,14-18H2,(H,29,32). The lowest BCUT2D eigenvalue weighted by Crippen LogP contribution is -2.47. The second-order valence-corrected chi connectivity index (χ2v) is 8.62. The van der Waals surface area contributed by atoms with Gasteiger partial charge in [-0.15, -0.1) is 0 Å². The lowest BCUT2D eigenvalue weighted by Gasteiger charge is -2.36. The van der Waals surface area contributed by atoms with E-state index >= 15 is 0 Å². The third-order valence-electron chi connectivity index (χ3n) is 6.41. The Kier molecular flexibility index (Phi) is 6.26. The Hall–Kier alpha value is -3.38. The number of hydrogen-bond acceptors (Lipinski definition) is 4. The number of carbonyl (C=O) groups excluding carboxylic acids is 1. The van der Waals surface area contributed by atoms with Gasteiger partial charge in [-0.2, -0.15) is 0 Å². The number of rotatable bonds is 6. The van der Waals surface area contributed by atoms with Gasteiger partial charge in [-0.1, -0.05) is 36.4 Å². The Morgan fingerprint density at radius 3 is 2.42 bits per heavy atom. The summed E-state index contributed by atoms with van der Waals surface area (Å²) in [6, 6.07) is 22.7. The lowest BCUT2D eigenvalue weighted by molar-refractivity contribution is -0.123. The van der Waals surface area contributed by atoms with Crippen molar-refractivity contribution in [1.82, 2.24) is 4.90 Å². The van der Waals surface area contributed by atoms with Crippen LogP contribution >= 0.6 is 0 Å². The van der Waals surface area contributed by atoms with Crippen LogP contribution in [-0.2, 0) is 4.79 Å². The molecule has 1 amide bonds. The largest absolute Gasteiger partial charge is 0.478 e. The summed E-state index contributed by atoms with van der Waals surface area (Å²) in [7, 11) is 0. The van der Waals surface area contributed by atoms with Crippen molar-refractivity contribution in [3.8, 4) is 16.9 Å². The molecule has 5 nitrogen and oxygen atoms in total. The van der Waals surface area contributed by atoms with Crippen LogP contribution in [0.4, 0.5) is 15.8 Å². The Morgan fingerprint density at radius 1 is 0.909 bits per heavy atom. The van der Waals surface area contributed by atoms with Gasteiger partial charge in [-0.25, -0.2) is 4.39 Å². The number of nitrogens with one attached hydrogen (secondary N) is 1. The highest BCUT2D eigenvalue weighted by Gasteiger charge is 2.28. The highest BCUT2D eigenvalue weighted by Crippen LogP contribution is 2.34. The Bertz CT molecular complexity index is 1100. The van der Waals surface area contributed by atoms with Gasteiger partial charge in [0.15, 0.2) is 6.10 Å². The molecule has 2 heterocycles. The van der Waals surface area contributed by atoms with Gasteiger partial charge in [0.1, 0.15) is 11.6 Å². The molecule has 1 saturated heterocycles. The van der Waals surface area contributed by atoms with Crippen molar-refractivity contribution >= 4 is 17.3 Å². The van der Waals surface area contributed by atoms with Crippen LogP contribution in [0.25, 0.3) is 11.1 Å². The minimum Gasteiger partial charge on any atom is -0.478 e. The van der Waals surface area contributed by atoms with Crippen LogP contribution < -0.4 is 15.0 Å².